The third-order valence-electron chi connectivity index (χ3n) is 2.87. The molecule has 2 rings (SSSR count). The molecule has 1 aromatic heterocycles. The number of nitrogens with two attached hydrogens (primary N) is 1. The zero-order valence-corrected chi connectivity index (χ0v) is 7.69. The van der Waals surface area contributed by atoms with Crippen molar-refractivity contribution >= 4 is 0 Å². The van der Waals surface area contributed by atoms with Gasteiger partial charge in [0.25, 0.3) is 0 Å². The third-order valence-corrected chi connectivity index (χ3v) is 2.87. The smallest absolute Gasteiger partial charge is 0.115 e. The molecule has 0 saturated heterocycles. The first-order chi connectivity index (χ1) is 6.38. The van der Waals surface area contributed by atoms with Gasteiger partial charge in [0.15, 0.2) is 0 Å². The van der Waals surface area contributed by atoms with Crippen LogP contribution in [-0.4, -0.2) is 9.97 Å². The van der Waals surface area contributed by atoms with Gasteiger partial charge in [0.2, 0.25) is 0 Å². The molecule has 1 heterocycles. The second kappa shape index (κ2) is 3.83. The summed E-state index contributed by atoms with van der Waals surface area (Å²) in [6.45, 7) is 0. The predicted molar refractivity (Wildman–Crippen MR) is 50.9 cm³/mol. The lowest BCUT2D eigenvalue weighted by atomic mass is 9.94. The Kier molecular flexibility index (Phi) is 2.54. The molecule has 0 amide bonds. The van der Waals surface area contributed by atoms with E-state index < -0.39 is 0 Å². The molecule has 1 fully saturated rings. The molecule has 3 heteroatoms. The van der Waals surface area contributed by atoms with Crippen LogP contribution in [0.4, 0.5) is 0 Å². The van der Waals surface area contributed by atoms with Gasteiger partial charge in [-0.15, -0.1) is 0 Å². The average molecular weight is 177 g/mol. The standard InChI is InChI=1S/C10H15N3/c11-10(8-3-1-2-4-8)9-5-12-7-13-6-9/h5-8,10H,1-4,11H2. The molecule has 1 aliphatic carbocycles. The maximum Gasteiger partial charge on any atom is 0.115 e. The fourth-order valence-electron chi connectivity index (χ4n) is 2.07. The fourth-order valence-corrected chi connectivity index (χ4v) is 2.07. The van der Waals surface area contributed by atoms with Crippen molar-refractivity contribution in [3.8, 4) is 0 Å². The summed E-state index contributed by atoms with van der Waals surface area (Å²) >= 11 is 0. The summed E-state index contributed by atoms with van der Waals surface area (Å²) in [5.41, 5.74) is 7.20. The molecular weight excluding hydrogens is 162 g/mol. The van der Waals surface area contributed by atoms with Gasteiger partial charge >= 0.3 is 0 Å². The third kappa shape index (κ3) is 1.86. The summed E-state index contributed by atoms with van der Waals surface area (Å²) in [7, 11) is 0. The molecule has 1 saturated carbocycles. The predicted octanol–water partition coefficient (Wildman–Crippen LogP) is 1.67. The molecule has 3 nitrogen and oxygen atoms in total. The molecule has 0 bridgehead atoms. The first-order valence-electron chi connectivity index (χ1n) is 4.88. The minimum absolute atomic E-state index is 0.142. The summed E-state index contributed by atoms with van der Waals surface area (Å²) < 4.78 is 0. The van der Waals surface area contributed by atoms with E-state index in [0.717, 1.165) is 5.56 Å². The average Bonchev–Trinajstić information content (AvgIpc) is 2.71. The summed E-state index contributed by atoms with van der Waals surface area (Å²) in [5.74, 6) is 0.644. The van der Waals surface area contributed by atoms with E-state index in [9.17, 15) is 0 Å². The lowest BCUT2D eigenvalue weighted by molar-refractivity contribution is 0.443. The van der Waals surface area contributed by atoms with Gasteiger partial charge in [-0.1, -0.05) is 12.8 Å². The van der Waals surface area contributed by atoms with Crippen LogP contribution in [0.15, 0.2) is 18.7 Å². The number of aromatic nitrogens is 2. The summed E-state index contributed by atoms with van der Waals surface area (Å²) in [5, 5.41) is 0. The number of rotatable bonds is 2. The van der Waals surface area contributed by atoms with Gasteiger partial charge in [-0.05, 0) is 18.8 Å². The monoisotopic (exact) mass is 177 g/mol. The fraction of sp³-hybridized carbons (Fsp3) is 0.600. The van der Waals surface area contributed by atoms with E-state index in [1.807, 2.05) is 12.4 Å². The Bertz CT molecular complexity index is 254. The van der Waals surface area contributed by atoms with E-state index in [-0.39, 0.29) is 6.04 Å². The van der Waals surface area contributed by atoms with Crippen LogP contribution in [0.1, 0.15) is 37.3 Å². The largest absolute Gasteiger partial charge is 0.324 e. The zero-order chi connectivity index (χ0) is 9.10. The molecular formula is C10H15N3. The number of hydrogen-bond donors (Lipinski definition) is 1. The molecule has 0 radical (unpaired) electrons. The van der Waals surface area contributed by atoms with Crippen molar-refractivity contribution < 1.29 is 0 Å². The lowest BCUT2D eigenvalue weighted by Gasteiger charge is -2.17. The van der Waals surface area contributed by atoms with E-state index in [1.54, 1.807) is 6.33 Å². The van der Waals surface area contributed by atoms with Gasteiger partial charge < -0.3 is 5.73 Å². The normalized spacial score (nSPS) is 20.4. The van der Waals surface area contributed by atoms with Crippen LogP contribution >= 0.6 is 0 Å². The Hall–Kier alpha value is -0.960. The van der Waals surface area contributed by atoms with Crippen molar-refractivity contribution in [2.75, 3.05) is 0 Å². The maximum atomic E-state index is 6.12. The van der Waals surface area contributed by atoms with E-state index in [0.29, 0.717) is 5.92 Å². The van der Waals surface area contributed by atoms with Crippen molar-refractivity contribution in [1.29, 1.82) is 0 Å². The Morgan fingerprint density at radius 2 is 1.85 bits per heavy atom. The second-order valence-electron chi connectivity index (χ2n) is 3.74. The van der Waals surface area contributed by atoms with E-state index in [2.05, 4.69) is 9.97 Å². The molecule has 1 unspecified atom stereocenters. The van der Waals surface area contributed by atoms with Gasteiger partial charge in [-0.25, -0.2) is 9.97 Å². The highest BCUT2D eigenvalue weighted by Crippen LogP contribution is 2.33. The van der Waals surface area contributed by atoms with E-state index in [4.69, 9.17) is 5.73 Å². The Morgan fingerprint density at radius 3 is 2.46 bits per heavy atom. The highest BCUT2D eigenvalue weighted by molar-refractivity contribution is 5.10. The number of hydrogen-bond acceptors (Lipinski definition) is 3. The molecule has 2 N–H and O–H groups in total. The first kappa shape index (κ1) is 8.63. The molecule has 1 aliphatic rings. The Morgan fingerprint density at radius 1 is 1.23 bits per heavy atom. The van der Waals surface area contributed by atoms with Crippen LogP contribution in [0.2, 0.25) is 0 Å². The summed E-state index contributed by atoms with van der Waals surface area (Å²) in [6, 6.07) is 0.142. The van der Waals surface area contributed by atoms with Crippen LogP contribution in [0, 0.1) is 5.92 Å². The van der Waals surface area contributed by atoms with Crippen molar-refractivity contribution in [3.05, 3.63) is 24.3 Å². The maximum absolute atomic E-state index is 6.12. The Balaban J connectivity index is 2.08. The summed E-state index contributed by atoms with van der Waals surface area (Å²) in [4.78, 5) is 7.97. The van der Waals surface area contributed by atoms with Crippen LogP contribution in [0.25, 0.3) is 0 Å². The van der Waals surface area contributed by atoms with Crippen LogP contribution in [0.5, 0.6) is 0 Å². The van der Waals surface area contributed by atoms with Crippen molar-refractivity contribution in [3.63, 3.8) is 0 Å². The summed E-state index contributed by atoms with van der Waals surface area (Å²) in [6.07, 6.45) is 10.4. The van der Waals surface area contributed by atoms with Crippen LogP contribution < -0.4 is 5.73 Å². The lowest BCUT2D eigenvalue weighted by Crippen LogP contribution is -2.19. The highest BCUT2D eigenvalue weighted by Gasteiger charge is 2.23. The Labute approximate surface area is 78.4 Å². The van der Waals surface area contributed by atoms with Crippen molar-refractivity contribution in [2.45, 2.75) is 31.7 Å². The second-order valence-corrected chi connectivity index (χ2v) is 3.74. The number of nitrogens with zero attached hydrogens (tertiary/aromatic N) is 2. The van der Waals surface area contributed by atoms with Crippen molar-refractivity contribution in [2.24, 2.45) is 11.7 Å². The molecule has 13 heavy (non-hydrogen) atoms. The van der Waals surface area contributed by atoms with E-state index >= 15 is 0 Å². The highest BCUT2D eigenvalue weighted by atomic mass is 14.8. The first-order valence-corrected chi connectivity index (χ1v) is 4.88. The van der Waals surface area contributed by atoms with Crippen LogP contribution in [-0.2, 0) is 0 Å². The minimum Gasteiger partial charge on any atom is -0.324 e. The molecule has 1 atom stereocenters. The molecule has 0 aromatic carbocycles. The molecule has 0 spiro atoms. The zero-order valence-electron chi connectivity index (χ0n) is 7.69. The van der Waals surface area contributed by atoms with Crippen molar-refractivity contribution in [1.82, 2.24) is 9.97 Å². The SMILES string of the molecule is NC(c1cncnc1)C1CCCC1. The van der Waals surface area contributed by atoms with Gasteiger partial charge in [0, 0.05) is 24.0 Å². The minimum atomic E-state index is 0.142. The molecule has 70 valence electrons. The molecule has 0 aliphatic heterocycles. The molecule has 1 aromatic rings. The van der Waals surface area contributed by atoms with Gasteiger partial charge in [0.1, 0.15) is 6.33 Å². The topological polar surface area (TPSA) is 51.8 Å². The van der Waals surface area contributed by atoms with Gasteiger partial charge in [-0.2, -0.15) is 0 Å². The quantitative estimate of drug-likeness (QED) is 0.747. The van der Waals surface area contributed by atoms with Gasteiger partial charge in [0.05, 0.1) is 0 Å². The van der Waals surface area contributed by atoms with E-state index in [1.165, 1.54) is 25.7 Å². The van der Waals surface area contributed by atoms with Gasteiger partial charge in [-0.3, -0.25) is 0 Å². The van der Waals surface area contributed by atoms with Crippen LogP contribution in [0.3, 0.4) is 0 Å².